The van der Waals surface area contributed by atoms with Crippen LogP contribution in [-0.4, -0.2) is 115 Å². The van der Waals surface area contributed by atoms with Crippen LogP contribution in [0.5, 0.6) is 0 Å². The van der Waals surface area contributed by atoms with Gasteiger partial charge in [-0.1, -0.05) is 0 Å². The number of rotatable bonds is 0. The van der Waals surface area contributed by atoms with Crippen molar-refractivity contribution in [2.45, 2.75) is 25.9 Å². The van der Waals surface area contributed by atoms with Crippen molar-refractivity contribution in [1.29, 1.82) is 0 Å². The first-order valence-electron chi connectivity index (χ1n) is 10.9. The summed E-state index contributed by atoms with van der Waals surface area (Å²) in [5.41, 5.74) is 0. The molecule has 1 aliphatic rings. The SMILES string of the molecule is C[C@@H]1NC(=O)COCCOCCOCC(=O)N[C@@H](C)C(=O)NCCOCCOCCNC1=O. The normalized spacial score (nSPS) is 25.6. The first-order valence-corrected chi connectivity index (χ1v) is 10.9. The van der Waals surface area contributed by atoms with Crippen LogP contribution in [-0.2, 0) is 42.9 Å². The molecule has 0 spiro atoms. The van der Waals surface area contributed by atoms with E-state index in [1.54, 1.807) is 13.8 Å². The van der Waals surface area contributed by atoms with Crippen molar-refractivity contribution >= 4 is 23.6 Å². The van der Waals surface area contributed by atoms with Crippen LogP contribution in [0, 0.1) is 0 Å². The minimum absolute atomic E-state index is 0.183. The van der Waals surface area contributed by atoms with Crippen molar-refractivity contribution in [2.75, 3.05) is 79.2 Å². The fourth-order valence-electron chi connectivity index (χ4n) is 2.49. The lowest BCUT2D eigenvalue weighted by molar-refractivity contribution is -0.132. The van der Waals surface area contributed by atoms with Gasteiger partial charge in [0.05, 0.1) is 52.9 Å². The lowest BCUT2D eigenvalue weighted by Crippen LogP contribution is -2.46. The Hall–Kier alpha value is -2.32. The van der Waals surface area contributed by atoms with Gasteiger partial charge in [0.15, 0.2) is 0 Å². The van der Waals surface area contributed by atoms with Crippen LogP contribution in [0.25, 0.3) is 0 Å². The third-order valence-electron chi connectivity index (χ3n) is 4.22. The van der Waals surface area contributed by atoms with E-state index in [0.717, 1.165) is 0 Å². The van der Waals surface area contributed by atoms with Gasteiger partial charge in [0.25, 0.3) is 0 Å². The summed E-state index contributed by atoms with van der Waals surface area (Å²) in [6, 6.07) is -1.42. The first kappa shape index (κ1) is 28.7. The topological polar surface area (TPSA) is 163 Å². The number of carbonyl (C=O) groups excluding carboxylic acids is 4. The summed E-state index contributed by atoms with van der Waals surface area (Å²) >= 11 is 0. The van der Waals surface area contributed by atoms with E-state index in [1.165, 1.54) is 0 Å². The van der Waals surface area contributed by atoms with Crippen molar-refractivity contribution in [1.82, 2.24) is 21.3 Å². The highest BCUT2D eigenvalue weighted by atomic mass is 16.5. The summed E-state index contributed by atoms with van der Waals surface area (Å²) in [5.74, 6) is -1.50. The number of amides is 4. The van der Waals surface area contributed by atoms with Crippen molar-refractivity contribution in [2.24, 2.45) is 0 Å². The van der Waals surface area contributed by atoms with Gasteiger partial charge >= 0.3 is 0 Å². The van der Waals surface area contributed by atoms with Gasteiger partial charge in [-0.05, 0) is 13.8 Å². The molecule has 0 aliphatic carbocycles. The molecule has 33 heavy (non-hydrogen) atoms. The number of hydrogen-bond donors (Lipinski definition) is 4. The molecule has 13 nitrogen and oxygen atoms in total. The van der Waals surface area contributed by atoms with Crippen LogP contribution in [0.2, 0.25) is 0 Å². The standard InChI is InChI=1S/C20H36N4O9/c1-15-19(27)21-3-5-29-7-8-30-6-4-22-20(28)16(2)24-18(26)14-33-12-10-31-9-11-32-13-17(25)23-15/h15-16H,3-14H2,1-2H3,(H,21,27)(H,22,28)(H,23,25)(H,24,26)/t15-,16-/m0/s1. The lowest BCUT2D eigenvalue weighted by atomic mass is 10.3. The smallest absolute Gasteiger partial charge is 0.246 e. The van der Waals surface area contributed by atoms with Gasteiger partial charge in [-0.2, -0.15) is 0 Å². The molecule has 0 aromatic heterocycles. The molecule has 1 fully saturated rings. The molecular weight excluding hydrogens is 440 g/mol. The van der Waals surface area contributed by atoms with Gasteiger partial charge in [0.2, 0.25) is 23.6 Å². The summed E-state index contributed by atoms with van der Waals surface area (Å²) in [7, 11) is 0. The molecule has 0 bridgehead atoms. The van der Waals surface area contributed by atoms with Crippen LogP contribution < -0.4 is 21.3 Å². The summed E-state index contributed by atoms with van der Waals surface area (Å²) in [5, 5.41) is 10.4. The zero-order valence-corrected chi connectivity index (χ0v) is 19.3. The van der Waals surface area contributed by atoms with E-state index in [9.17, 15) is 19.2 Å². The molecule has 1 saturated heterocycles. The second kappa shape index (κ2) is 18.1. The second-order valence-electron chi connectivity index (χ2n) is 7.10. The quantitative estimate of drug-likeness (QED) is 0.292. The highest BCUT2D eigenvalue weighted by Crippen LogP contribution is 1.88. The third kappa shape index (κ3) is 15.2. The summed E-state index contributed by atoms with van der Waals surface area (Å²) in [6.45, 7) is 5.37. The molecule has 13 heteroatoms. The van der Waals surface area contributed by atoms with Crippen molar-refractivity contribution in [3.8, 4) is 0 Å². The average molecular weight is 477 g/mol. The lowest BCUT2D eigenvalue weighted by Gasteiger charge is -2.14. The Bertz CT molecular complexity index is 556. The highest BCUT2D eigenvalue weighted by molar-refractivity contribution is 5.88. The maximum absolute atomic E-state index is 12.0. The molecule has 0 aromatic carbocycles. The van der Waals surface area contributed by atoms with E-state index in [1.807, 2.05) is 0 Å². The van der Waals surface area contributed by atoms with Gasteiger partial charge in [-0.3, -0.25) is 19.2 Å². The van der Waals surface area contributed by atoms with Crippen LogP contribution in [0.1, 0.15) is 13.8 Å². The minimum atomic E-state index is -0.712. The van der Waals surface area contributed by atoms with Gasteiger partial charge < -0.3 is 45.0 Å². The molecule has 0 saturated carbocycles. The van der Waals surface area contributed by atoms with E-state index >= 15 is 0 Å². The van der Waals surface area contributed by atoms with Crippen molar-refractivity contribution in [3.63, 3.8) is 0 Å². The fourth-order valence-corrected chi connectivity index (χ4v) is 2.49. The van der Waals surface area contributed by atoms with E-state index in [-0.39, 0.29) is 77.8 Å². The van der Waals surface area contributed by atoms with E-state index in [4.69, 9.17) is 23.7 Å². The van der Waals surface area contributed by atoms with Gasteiger partial charge in [0, 0.05) is 13.1 Å². The fraction of sp³-hybridized carbons (Fsp3) is 0.800. The van der Waals surface area contributed by atoms with Crippen LogP contribution in [0.4, 0.5) is 0 Å². The molecule has 1 heterocycles. The maximum Gasteiger partial charge on any atom is 0.246 e. The Morgan fingerprint density at radius 3 is 1.27 bits per heavy atom. The third-order valence-corrected chi connectivity index (χ3v) is 4.22. The summed E-state index contributed by atoms with van der Waals surface area (Å²) in [4.78, 5) is 47.6. The Labute approximate surface area is 193 Å². The molecule has 0 radical (unpaired) electrons. The summed E-state index contributed by atoms with van der Waals surface area (Å²) < 4.78 is 26.4. The van der Waals surface area contributed by atoms with Gasteiger partial charge in [-0.15, -0.1) is 0 Å². The molecule has 2 atom stereocenters. The Morgan fingerprint density at radius 2 is 0.879 bits per heavy atom. The van der Waals surface area contributed by atoms with Crippen molar-refractivity contribution < 1.29 is 42.9 Å². The predicted molar refractivity (Wildman–Crippen MR) is 115 cm³/mol. The van der Waals surface area contributed by atoms with E-state index in [0.29, 0.717) is 13.2 Å². The number of ether oxygens (including phenoxy) is 5. The average Bonchev–Trinajstić information content (AvgIpc) is 2.78. The van der Waals surface area contributed by atoms with Gasteiger partial charge in [-0.25, -0.2) is 0 Å². The zero-order chi connectivity index (χ0) is 24.3. The molecule has 190 valence electrons. The van der Waals surface area contributed by atoms with Crippen LogP contribution >= 0.6 is 0 Å². The zero-order valence-electron chi connectivity index (χ0n) is 19.3. The van der Waals surface area contributed by atoms with Gasteiger partial charge in [0.1, 0.15) is 25.3 Å². The molecule has 4 amide bonds. The molecule has 0 aromatic rings. The Kier molecular flexibility index (Phi) is 15.8. The summed E-state index contributed by atoms with van der Waals surface area (Å²) in [6.07, 6.45) is 0. The molecule has 1 aliphatic heterocycles. The second-order valence-corrected chi connectivity index (χ2v) is 7.10. The largest absolute Gasteiger partial charge is 0.377 e. The number of nitrogens with one attached hydrogen (secondary N) is 4. The van der Waals surface area contributed by atoms with E-state index < -0.39 is 23.9 Å². The molecule has 4 N–H and O–H groups in total. The first-order chi connectivity index (χ1) is 15.9. The Balaban J connectivity index is 2.39. The van der Waals surface area contributed by atoms with Crippen LogP contribution in [0.3, 0.4) is 0 Å². The van der Waals surface area contributed by atoms with E-state index in [2.05, 4.69) is 21.3 Å². The highest BCUT2D eigenvalue weighted by Gasteiger charge is 2.16. The predicted octanol–water partition coefficient (Wildman–Crippen LogP) is -2.68. The Morgan fingerprint density at radius 1 is 0.545 bits per heavy atom. The van der Waals surface area contributed by atoms with Crippen LogP contribution in [0.15, 0.2) is 0 Å². The number of hydrogen-bond acceptors (Lipinski definition) is 9. The number of carbonyl (C=O) groups is 4. The molecule has 0 unspecified atom stereocenters. The monoisotopic (exact) mass is 476 g/mol. The maximum atomic E-state index is 12.0. The van der Waals surface area contributed by atoms with Crippen molar-refractivity contribution in [3.05, 3.63) is 0 Å². The molecular formula is C20H36N4O9. The minimum Gasteiger partial charge on any atom is -0.377 e. The molecule has 1 rings (SSSR count).